The molecule has 4 aromatic rings. The Kier molecular flexibility index (Phi) is 4.42. The molecule has 0 aromatic heterocycles. The fraction of sp³-hybridized carbons (Fsp3) is 0.0769. The minimum Gasteiger partial charge on any atom is -0.288 e. The summed E-state index contributed by atoms with van der Waals surface area (Å²) in [5.74, 6) is -1.10. The highest BCUT2D eigenvalue weighted by atomic mass is 35.5. The molecule has 4 aromatic carbocycles. The summed E-state index contributed by atoms with van der Waals surface area (Å²) in [6, 6.07) is 18.2. The molecule has 0 unspecified atom stereocenters. The molecule has 0 atom stereocenters. The van der Waals surface area contributed by atoms with E-state index in [4.69, 9.17) is 33.0 Å². The van der Waals surface area contributed by atoms with Crippen LogP contribution in [0.15, 0.2) is 60.7 Å². The van der Waals surface area contributed by atoms with E-state index in [2.05, 4.69) is 0 Å². The summed E-state index contributed by atoms with van der Waals surface area (Å²) in [5, 5.41) is -0.381. The number of benzene rings is 4. The summed E-state index contributed by atoms with van der Waals surface area (Å²) in [6.07, 6.45) is 1.04. The van der Waals surface area contributed by atoms with E-state index >= 15 is 0 Å². The van der Waals surface area contributed by atoms with Crippen LogP contribution in [0.5, 0.6) is 11.5 Å². The van der Waals surface area contributed by atoms with Crippen LogP contribution in [-0.4, -0.2) is 0 Å². The second kappa shape index (κ2) is 7.22. The number of fused-ring (bicyclic) bond motifs is 6. The summed E-state index contributed by atoms with van der Waals surface area (Å²) in [6.45, 7) is 0. The van der Waals surface area contributed by atoms with E-state index in [0.29, 0.717) is 35.1 Å². The van der Waals surface area contributed by atoms with E-state index in [1.54, 1.807) is 0 Å². The molecule has 0 fully saturated rings. The first kappa shape index (κ1) is 19.6. The van der Waals surface area contributed by atoms with Gasteiger partial charge in [-0.1, -0.05) is 71.7 Å². The van der Waals surface area contributed by atoms with E-state index in [1.807, 2.05) is 48.5 Å². The van der Waals surface area contributed by atoms with Crippen molar-refractivity contribution in [3.05, 3.63) is 105 Å². The Morgan fingerprint density at radius 2 is 1.00 bits per heavy atom. The summed E-state index contributed by atoms with van der Waals surface area (Å²) < 4.78 is 29.3. The SMILES string of the molecule is Fc1cc2c(c(OOc3c(Cl)c(F)cc4c3Cc3ccccc3-4)c1Cl)Cc1ccccc1-2. The van der Waals surface area contributed by atoms with Crippen LogP contribution < -0.4 is 9.78 Å². The second-order valence-electron chi connectivity index (χ2n) is 7.89. The Balaban J connectivity index is 1.42. The van der Waals surface area contributed by atoms with Gasteiger partial charge in [-0.2, -0.15) is 0 Å². The van der Waals surface area contributed by atoms with Gasteiger partial charge in [0.15, 0.2) is 0 Å². The van der Waals surface area contributed by atoms with Crippen molar-refractivity contribution in [3.8, 4) is 33.8 Å². The highest BCUT2D eigenvalue weighted by molar-refractivity contribution is 6.33. The highest BCUT2D eigenvalue weighted by Crippen LogP contribution is 2.48. The van der Waals surface area contributed by atoms with Gasteiger partial charge in [0.2, 0.25) is 11.5 Å². The quantitative estimate of drug-likeness (QED) is 0.195. The second-order valence-corrected chi connectivity index (χ2v) is 8.65. The molecule has 2 aliphatic carbocycles. The van der Waals surface area contributed by atoms with Crippen LogP contribution in [0.25, 0.3) is 22.3 Å². The van der Waals surface area contributed by atoms with E-state index in [0.717, 1.165) is 22.3 Å². The van der Waals surface area contributed by atoms with Crippen molar-refractivity contribution in [3.63, 3.8) is 0 Å². The van der Waals surface area contributed by atoms with Gasteiger partial charge in [0.1, 0.15) is 21.7 Å². The zero-order chi connectivity index (χ0) is 22.0. The monoisotopic (exact) mass is 466 g/mol. The summed E-state index contributed by atoms with van der Waals surface area (Å²) >= 11 is 12.5. The maximum atomic E-state index is 14.6. The highest BCUT2D eigenvalue weighted by Gasteiger charge is 2.30. The van der Waals surface area contributed by atoms with Crippen LogP contribution in [0.4, 0.5) is 8.78 Å². The Morgan fingerprint density at radius 1 is 0.594 bits per heavy atom. The van der Waals surface area contributed by atoms with E-state index in [9.17, 15) is 8.78 Å². The first-order valence-corrected chi connectivity index (χ1v) is 10.8. The molecule has 0 bridgehead atoms. The molecule has 0 heterocycles. The molecule has 0 saturated heterocycles. The predicted octanol–water partition coefficient (Wildman–Crippen LogP) is 7.79. The van der Waals surface area contributed by atoms with Gasteiger partial charge < -0.3 is 0 Å². The van der Waals surface area contributed by atoms with Gasteiger partial charge in [-0.3, -0.25) is 9.78 Å². The van der Waals surface area contributed by atoms with Crippen molar-refractivity contribution in [2.75, 3.05) is 0 Å². The van der Waals surface area contributed by atoms with Gasteiger partial charge in [-0.05, 0) is 45.5 Å². The van der Waals surface area contributed by atoms with Crippen molar-refractivity contribution < 1.29 is 18.6 Å². The molecule has 0 N–H and O–H groups in total. The lowest BCUT2D eigenvalue weighted by molar-refractivity contribution is -0.101. The van der Waals surface area contributed by atoms with Gasteiger partial charge in [-0.25, -0.2) is 8.78 Å². The number of halogens is 4. The average Bonchev–Trinajstić information content (AvgIpc) is 3.34. The lowest BCUT2D eigenvalue weighted by Crippen LogP contribution is -2.07. The molecule has 2 nitrogen and oxygen atoms in total. The molecular weight excluding hydrogens is 453 g/mol. The Morgan fingerprint density at radius 3 is 1.44 bits per heavy atom. The molecule has 158 valence electrons. The van der Waals surface area contributed by atoms with Crippen LogP contribution in [-0.2, 0) is 12.8 Å². The average molecular weight is 467 g/mol. The van der Waals surface area contributed by atoms with Crippen molar-refractivity contribution in [2.45, 2.75) is 12.8 Å². The molecule has 0 saturated carbocycles. The van der Waals surface area contributed by atoms with Crippen LogP contribution in [0, 0.1) is 11.6 Å². The van der Waals surface area contributed by atoms with Crippen molar-refractivity contribution in [1.29, 1.82) is 0 Å². The van der Waals surface area contributed by atoms with E-state index < -0.39 is 11.6 Å². The zero-order valence-corrected chi connectivity index (χ0v) is 18.0. The third kappa shape index (κ3) is 2.83. The van der Waals surface area contributed by atoms with Crippen LogP contribution in [0.3, 0.4) is 0 Å². The maximum Gasteiger partial charge on any atom is 0.204 e. The van der Waals surface area contributed by atoms with Crippen molar-refractivity contribution >= 4 is 23.2 Å². The van der Waals surface area contributed by atoms with Crippen molar-refractivity contribution in [1.82, 2.24) is 0 Å². The maximum absolute atomic E-state index is 14.6. The van der Waals surface area contributed by atoms with Crippen LogP contribution in [0.2, 0.25) is 10.0 Å². The van der Waals surface area contributed by atoms with E-state index in [-0.39, 0.29) is 21.5 Å². The number of rotatable bonds is 3. The molecule has 6 rings (SSSR count). The summed E-state index contributed by atoms with van der Waals surface area (Å²) in [7, 11) is 0. The van der Waals surface area contributed by atoms with Gasteiger partial charge in [0, 0.05) is 24.0 Å². The topological polar surface area (TPSA) is 18.5 Å². The number of hydrogen-bond donors (Lipinski definition) is 0. The fourth-order valence-corrected chi connectivity index (χ4v) is 5.03. The molecule has 0 radical (unpaired) electrons. The lowest BCUT2D eigenvalue weighted by atomic mass is 10.1. The third-order valence-corrected chi connectivity index (χ3v) is 6.82. The molecule has 32 heavy (non-hydrogen) atoms. The standard InChI is InChI=1S/C26H14Cl2F2O2/c27-23-21(29)11-17-15-7-3-1-5-13(15)9-19(17)25(23)31-32-26-20-10-14-6-2-4-8-16(14)18(20)12-22(30)24(26)28/h1-8,11-12H,9-10H2. The van der Waals surface area contributed by atoms with Gasteiger partial charge in [0.25, 0.3) is 0 Å². The third-order valence-electron chi connectivity index (χ3n) is 6.12. The van der Waals surface area contributed by atoms with Crippen LogP contribution in [0.1, 0.15) is 22.3 Å². The molecular formula is C26H14Cl2F2O2. The van der Waals surface area contributed by atoms with Gasteiger partial charge >= 0.3 is 0 Å². The zero-order valence-electron chi connectivity index (χ0n) is 16.5. The smallest absolute Gasteiger partial charge is 0.204 e. The predicted molar refractivity (Wildman–Crippen MR) is 121 cm³/mol. The van der Waals surface area contributed by atoms with Gasteiger partial charge in [-0.15, -0.1) is 0 Å². The molecule has 6 heteroatoms. The Hall–Kier alpha value is -3.08. The Labute approximate surface area is 192 Å². The largest absolute Gasteiger partial charge is 0.288 e. The normalized spacial score (nSPS) is 12.8. The fourth-order valence-electron chi connectivity index (χ4n) is 4.62. The van der Waals surface area contributed by atoms with Gasteiger partial charge in [0.05, 0.1) is 0 Å². The summed E-state index contributed by atoms with van der Waals surface area (Å²) in [5.41, 5.74) is 6.73. The molecule has 0 spiro atoms. The summed E-state index contributed by atoms with van der Waals surface area (Å²) in [4.78, 5) is 11.2. The number of hydrogen-bond acceptors (Lipinski definition) is 2. The molecule has 0 amide bonds. The lowest BCUT2D eigenvalue weighted by Gasteiger charge is -2.15. The molecule has 2 aliphatic rings. The molecule has 0 aliphatic heterocycles. The first-order chi connectivity index (χ1) is 15.5. The minimum absolute atomic E-state index is 0.0717. The first-order valence-electron chi connectivity index (χ1n) is 10.1. The van der Waals surface area contributed by atoms with Crippen LogP contribution >= 0.6 is 23.2 Å². The minimum atomic E-state index is -0.622. The Bertz CT molecular complexity index is 1320. The van der Waals surface area contributed by atoms with Crippen molar-refractivity contribution in [2.24, 2.45) is 0 Å². The van der Waals surface area contributed by atoms with E-state index in [1.165, 1.54) is 12.1 Å².